The van der Waals surface area contributed by atoms with Gasteiger partial charge in [0.25, 0.3) is 0 Å². The summed E-state index contributed by atoms with van der Waals surface area (Å²) in [5.74, 6) is -2.46. The van der Waals surface area contributed by atoms with Gasteiger partial charge in [-0.1, -0.05) is 43.7 Å². The van der Waals surface area contributed by atoms with Crippen molar-refractivity contribution >= 4 is 23.2 Å². The molecular weight excluding hydrogens is 322 g/mol. The van der Waals surface area contributed by atoms with E-state index in [1.54, 1.807) is 19.9 Å². The number of benzene rings is 1. The second-order valence-corrected chi connectivity index (χ2v) is 6.21. The molecule has 0 radical (unpaired) electrons. The number of para-hydroxylation sites is 1. The van der Waals surface area contributed by atoms with E-state index in [0.29, 0.717) is 0 Å². The number of halogens is 5. The van der Waals surface area contributed by atoms with Crippen molar-refractivity contribution in [3.63, 3.8) is 0 Å². The Morgan fingerprint density at radius 2 is 1.91 bits per heavy atom. The van der Waals surface area contributed by atoms with E-state index in [0.717, 1.165) is 6.08 Å². The lowest BCUT2D eigenvalue weighted by Gasteiger charge is -2.06. The zero-order valence-corrected chi connectivity index (χ0v) is 12.6. The first-order valence-electron chi connectivity index (χ1n) is 6.55. The van der Waals surface area contributed by atoms with Crippen molar-refractivity contribution in [2.75, 3.05) is 5.32 Å². The Morgan fingerprint density at radius 3 is 2.45 bits per heavy atom. The molecule has 0 spiro atoms. The fourth-order valence-electron chi connectivity index (χ4n) is 2.51. The molecule has 1 fully saturated rings. The van der Waals surface area contributed by atoms with E-state index >= 15 is 0 Å². The summed E-state index contributed by atoms with van der Waals surface area (Å²) < 4.78 is 50.9. The highest BCUT2D eigenvalue weighted by Gasteiger charge is 2.61. The van der Waals surface area contributed by atoms with E-state index in [1.165, 1.54) is 18.2 Å². The predicted molar refractivity (Wildman–Crippen MR) is 75.8 cm³/mol. The summed E-state index contributed by atoms with van der Waals surface area (Å²) in [6, 6.07) is 5.59. The average Bonchev–Trinajstić information content (AvgIpc) is 2.92. The molecular formula is C15H14ClF4NO. The molecule has 1 aliphatic rings. The van der Waals surface area contributed by atoms with Crippen LogP contribution >= 0.6 is 11.6 Å². The van der Waals surface area contributed by atoms with Crippen LogP contribution in [0.1, 0.15) is 13.8 Å². The summed E-state index contributed by atoms with van der Waals surface area (Å²) in [7, 11) is 0. The number of rotatable bonds is 3. The zero-order chi connectivity index (χ0) is 16.7. The first kappa shape index (κ1) is 16.8. The van der Waals surface area contributed by atoms with Gasteiger partial charge in [0.15, 0.2) is 0 Å². The molecule has 1 amide bonds. The van der Waals surface area contributed by atoms with Gasteiger partial charge in [0, 0.05) is 0 Å². The number of nitrogens with one attached hydrogen (secondary N) is 1. The summed E-state index contributed by atoms with van der Waals surface area (Å²) in [6.07, 6.45) is -3.78. The van der Waals surface area contributed by atoms with E-state index in [-0.39, 0.29) is 5.69 Å². The smallest absolute Gasteiger partial charge is 0.323 e. The number of carbonyl (C=O) groups excluding carboxylic acids is 1. The summed E-state index contributed by atoms with van der Waals surface area (Å²) >= 11 is 5.22. The molecule has 2 unspecified atom stereocenters. The van der Waals surface area contributed by atoms with Crippen LogP contribution in [-0.4, -0.2) is 12.1 Å². The Bertz CT molecular complexity index is 624. The predicted octanol–water partition coefficient (Wildman–Crippen LogP) is 4.72. The third kappa shape index (κ3) is 3.27. The molecule has 22 heavy (non-hydrogen) atoms. The van der Waals surface area contributed by atoms with Gasteiger partial charge in [-0.3, -0.25) is 4.79 Å². The van der Waals surface area contributed by atoms with Crippen molar-refractivity contribution in [2.45, 2.75) is 20.0 Å². The van der Waals surface area contributed by atoms with E-state index in [1.807, 2.05) is 0 Å². The van der Waals surface area contributed by atoms with Crippen LogP contribution in [0.4, 0.5) is 23.2 Å². The molecule has 1 aliphatic carbocycles. The Labute approximate surface area is 130 Å². The Kier molecular flexibility index (Phi) is 4.26. The summed E-state index contributed by atoms with van der Waals surface area (Å²) in [5, 5.41) is 1.16. The maximum absolute atomic E-state index is 13.5. The van der Waals surface area contributed by atoms with Crippen LogP contribution in [0.5, 0.6) is 0 Å². The monoisotopic (exact) mass is 335 g/mol. The third-order valence-corrected chi connectivity index (χ3v) is 4.26. The fraction of sp³-hybridized carbons (Fsp3) is 0.400. The average molecular weight is 336 g/mol. The van der Waals surface area contributed by atoms with Crippen molar-refractivity contribution in [3.05, 3.63) is 41.2 Å². The maximum atomic E-state index is 13.5. The highest BCUT2D eigenvalue weighted by molar-refractivity contribution is 6.30. The van der Waals surface area contributed by atoms with Crippen molar-refractivity contribution in [2.24, 2.45) is 17.3 Å². The molecule has 0 saturated heterocycles. The number of carbonyl (C=O) groups is 1. The number of anilines is 1. The van der Waals surface area contributed by atoms with E-state index < -0.39 is 40.2 Å². The van der Waals surface area contributed by atoms with Crippen LogP contribution in [0.15, 0.2) is 35.4 Å². The summed E-state index contributed by atoms with van der Waals surface area (Å²) in [5.41, 5.74) is -0.666. The second-order valence-electron chi connectivity index (χ2n) is 5.81. The molecule has 1 N–H and O–H groups in total. The van der Waals surface area contributed by atoms with Gasteiger partial charge in [-0.2, -0.15) is 13.2 Å². The van der Waals surface area contributed by atoms with E-state index in [2.05, 4.69) is 5.32 Å². The lowest BCUT2D eigenvalue weighted by molar-refractivity contribution is -0.118. The van der Waals surface area contributed by atoms with Crippen LogP contribution in [0.3, 0.4) is 0 Å². The van der Waals surface area contributed by atoms with E-state index in [9.17, 15) is 22.4 Å². The van der Waals surface area contributed by atoms with Gasteiger partial charge >= 0.3 is 6.18 Å². The molecule has 0 aliphatic heterocycles. The molecule has 1 saturated carbocycles. The molecule has 2 nitrogen and oxygen atoms in total. The number of hydrogen-bond acceptors (Lipinski definition) is 1. The topological polar surface area (TPSA) is 29.1 Å². The lowest BCUT2D eigenvalue weighted by Crippen LogP contribution is -2.17. The summed E-state index contributed by atoms with van der Waals surface area (Å²) in [6.45, 7) is 3.33. The molecule has 1 aromatic rings. The molecule has 0 aromatic heterocycles. The molecule has 1 aromatic carbocycles. The van der Waals surface area contributed by atoms with Gasteiger partial charge < -0.3 is 5.32 Å². The molecule has 0 heterocycles. The number of alkyl halides is 3. The van der Waals surface area contributed by atoms with Crippen molar-refractivity contribution < 1.29 is 22.4 Å². The van der Waals surface area contributed by atoms with Gasteiger partial charge in [0.1, 0.15) is 10.8 Å². The lowest BCUT2D eigenvalue weighted by atomic mass is 10.1. The van der Waals surface area contributed by atoms with Crippen molar-refractivity contribution in [1.82, 2.24) is 0 Å². The molecule has 120 valence electrons. The van der Waals surface area contributed by atoms with Gasteiger partial charge in [-0.25, -0.2) is 4.39 Å². The molecule has 0 bridgehead atoms. The van der Waals surface area contributed by atoms with Gasteiger partial charge in [-0.15, -0.1) is 0 Å². The normalized spacial score (nSPS) is 24.0. The van der Waals surface area contributed by atoms with E-state index in [4.69, 9.17) is 11.6 Å². The number of allylic oxidation sites excluding steroid dienone is 2. The van der Waals surface area contributed by atoms with Gasteiger partial charge in [0.05, 0.1) is 11.6 Å². The maximum Gasteiger partial charge on any atom is 0.426 e. The number of amides is 1. The first-order chi connectivity index (χ1) is 10.0. The minimum Gasteiger partial charge on any atom is -0.323 e. The fourth-order valence-corrected chi connectivity index (χ4v) is 2.65. The Balaban J connectivity index is 2.13. The quantitative estimate of drug-likeness (QED) is 0.795. The molecule has 7 heteroatoms. The minimum atomic E-state index is -4.63. The Morgan fingerprint density at radius 1 is 1.32 bits per heavy atom. The van der Waals surface area contributed by atoms with Gasteiger partial charge in [-0.05, 0) is 23.5 Å². The zero-order valence-electron chi connectivity index (χ0n) is 11.8. The van der Waals surface area contributed by atoms with Crippen LogP contribution < -0.4 is 5.32 Å². The van der Waals surface area contributed by atoms with Crippen LogP contribution in [0.2, 0.25) is 0 Å². The first-order valence-corrected chi connectivity index (χ1v) is 6.93. The van der Waals surface area contributed by atoms with Crippen LogP contribution in [-0.2, 0) is 4.79 Å². The molecule has 2 rings (SSSR count). The standard InChI is InChI=1S/C15H14ClF4NO/c1-14(2)8(7-11(16)15(18,19)20)12(14)13(22)21-10-6-4-3-5-9(10)17/h3-8,12H,1-2H3,(H,21,22)/b11-7+. The molecule has 2 atom stereocenters. The largest absolute Gasteiger partial charge is 0.426 e. The van der Waals surface area contributed by atoms with Crippen molar-refractivity contribution in [3.8, 4) is 0 Å². The SMILES string of the molecule is CC1(C)C(/C=C(/Cl)C(F)(F)F)C1C(=O)Nc1ccccc1F. The minimum absolute atomic E-state index is 0.000141. The van der Waals surface area contributed by atoms with Crippen molar-refractivity contribution in [1.29, 1.82) is 0 Å². The highest BCUT2D eigenvalue weighted by atomic mass is 35.5. The highest BCUT2D eigenvalue weighted by Crippen LogP contribution is 2.60. The summed E-state index contributed by atoms with van der Waals surface area (Å²) in [4.78, 5) is 12.2. The number of hydrogen-bond donors (Lipinski definition) is 1. The Hall–Kier alpha value is -1.56. The second kappa shape index (κ2) is 5.57. The van der Waals surface area contributed by atoms with Gasteiger partial charge in [0.2, 0.25) is 5.91 Å². The van der Waals surface area contributed by atoms with Crippen LogP contribution in [0, 0.1) is 23.1 Å². The third-order valence-electron chi connectivity index (χ3n) is 3.92. The van der Waals surface area contributed by atoms with Crippen LogP contribution in [0.25, 0.3) is 0 Å².